The number of ether oxygens (including phenoxy) is 1. The molecule has 9 heteroatoms. The number of nitrogens with zero attached hydrogens (tertiary/aromatic N) is 3. The molecule has 0 bridgehead atoms. The third-order valence-corrected chi connectivity index (χ3v) is 6.83. The maximum atomic E-state index is 5.41. The molecular weight excluding hydrogens is 464 g/mol. The number of fused-ring (bicyclic) bond motifs is 2. The smallest absolute Gasteiger partial charge is 0.226 e. The van der Waals surface area contributed by atoms with Crippen molar-refractivity contribution in [3.8, 4) is 5.75 Å². The van der Waals surface area contributed by atoms with E-state index in [1.807, 2.05) is 12.1 Å². The van der Waals surface area contributed by atoms with Crippen molar-refractivity contribution in [2.45, 2.75) is 13.3 Å². The Hall–Kier alpha value is -4.24. The SMILES string of the molecule is COc1ccc2[nH]cc(CCNc3nc(Nc4ccc5[nH]c(C)cc5c4)cc(N4CCNCC4)n3)c2c1. The highest BCUT2D eigenvalue weighted by molar-refractivity contribution is 5.85. The molecule has 190 valence electrons. The van der Waals surface area contributed by atoms with Gasteiger partial charge in [0.1, 0.15) is 17.4 Å². The quantitative estimate of drug-likeness (QED) is 0.214. The molecule has 1 saturated heterocycles. The molecular formula is C28H32N8O. The van der Waals surface area contributed by atoms with Crippen LogP contribution in [-0.2, 0) is 6.42 Å². The van der Waals surface area contributed by atoms with Crippen molar-refractivity contribution in [1.82, 2.24) is 25.3 Å². The van der Waals surface area contributed by atoms with Crippen LogP contribution in [-0.4, -0.2) is 59.8 Å². The van der Waals surface area contributed by atoms with Gasteiger partial charge in [-0.3, -0.25) is 0 Å². The van der Waals surface area contributed by atoms with Gasteiger partial charge in [0, 0.05) is 78.2 Å². The molecule has 0 radical (unpaired) electrons. The van der Waals surface area contributed by atoms with Crippen LogP contribution in [0.3, 0.4) is 0 Å². The lowest BCUT2D eigenvalue weighted by atomic mass is 10.1. The lowest BCUT2D eigenvalue weighted by Crippen LogP contribution is -2.44. The van der Waals surface area contributed by atoms with Gasteiger partial charge in [0.15, 0.2) is 0 Å². The second-order valence-electron chi connectivity index (χ2n) is 9.45. The first-order valence-electron chi connectivity index (χ1n) is 12.7. The van der Waals surface area contributed by atoms with Crippen LogP contribution in [0.5, 0.6) is 5.75 Å². The van der Waals surface area contributed by atoms with E-state index in [1.165, 1.54) is 16.3 Å². The second kappa shape index (κ2) is 10.0. The zero-order valence-corrected chi connectivity index (χ0v) is 21.2. The summed E-state index contributed by atoms with van der Waals surface area (Å²) in [5, 5.41) is 12.7. The van der Waals surface area contributed by atoms with Gasteiger partial charge in [0.2, 0.25) is 5.95 Å². The normalized spacial score (nSPS) is 13.8. The number of aromatic amines is 2. The molecule has 0 saturated carbocycles. The van der Waals surface area contributed by atoms with E-state index < -0.39 is 0 Å². The maximum Gasteiger partial charge on any atom is 0.226 e. The van der Waals surface area contributed by atoms with Crippen molar-refractivity contribution < 1.29 is 4.74 Å². The molecule has 37 heavy (non-hydrogen) atoms. The van der Waals surface area contributed by atoms with Gasteiger partial charge in [-0.15, -0.1) is 0 Å². The minimum Gasteiger partial charge on any atom is -0.497 e. The van der Waals surface area contributed by atoms with Gasteiger partial charge >= 0.3 is 0 Å². The minimum atomic E-state index is 0.620. The first-order chi connectivity index (χ1) is 18.1. The summed E-state index contributed by atoms with van der Waals surface area (Å²) in [5.41, 5.74) is 5.61. The Kier molecular flexibility index (Phi) is 6.28. The average molecular weight is 497 g/mol. The van der Waals surface area contributed by atoms with Crippen LogP contribution >= 0.6 is 0 Å². The molecule has 0 unspecified atom stereocenters. The Morgan fingerprint density at radius 2 is 1.86 bits per heavy atom. The monoisotopic (exact) mass is 496 g/mol. The van der Waals surface area contributed by atoms with E-state index in [4.69, 9.17) is 14.7 Å². The van der Waals surface area contributed by atoms with Crippen molar-refractivity contribution in [3.05, 3.63) is 66.0 Å². The fourth-order valence-electron chi connectivity index (χ4n) is 4.94. The Morgan fingerprint density at radius 1 is 1.00 bits per heavy atom. The molecule has 0 atom stereocenters. The molecule has 5 aromatic rings. The van der Waals surface area contributed by atoms with Crippen molar-refractivity contribution in [2.75, 3.05) is 55.4 Å². The van der Waals surface area contributed by atoms with Gasteiger partial charge in [0.25, 0.3) is 0 Å². The number of nitrogens with one attached hydrogen (secondary N) is 5. The molecule has 0 amide bonds. The molecule has 0 spiro atoms. The van der Waals surface area contributed by atoms with Gasteiger partial charge in [0.05, 0.1) is 7.11 Å². The predicted octanol–water partition coefficient (Wildman–Crippen LogP) is 4.56. The highest BCUT2D eigenvalue weighted by Crippen LogP contribution is 2.26. The number of methoxy groups -OCH3 is 1. The number of H-pyrrole nitrogens is 2. The summed E-state index contributed by atoms with van der Waals surface area (Å²) >= 11 is 0. The number of hydrogen-bond acceptors (Lipinski definition) is 7. The topological polar surface area (TPSA) is 106 Å². The summed E-state index contributed by atoms with van der Waals surface area (Å²) in [6.45, 7) is 6.51. The van der Waals surface area contributed by atoms with E-state index in [9.17, 15) is 0 Å². The molecule has 4 heterocycles. The highest BCUT2D eigenvalue weighted by Gasteiger charge is 2.15. The van der Waals surface area contributed by atoms with Crippen molar-refractivity contribution in [1.29, 1.82) is 0 Å². The number of piperazine rings is 1. The van der Waals surface area contributed by atoms with E-state index in [0.29, 0.717) is 12.5 Å². The van der Waals surface area contributed by atoms with Crippen LogP contribution in [0.1, 0.15) is 11.3 Å². The lowest BCUT2D eigenvalue weighted by molar-refractivity contribution is 0.415. The number of hydrogen-bond donors (Lipinski definition) is 5. The van der Waals surface area contributed by atoms with Gasteiger partial charge < -0.3 is 35.6 Å². The second-order valence-corrected chi connectivity index (χ2v) is 9.45. The van der Waals surface area contributed by atoms with Crippen LogP contribution < -0.4 is 25.6 Å². The van der Waals surface area contributed by atoms with E-state index in [1.54, 1.807) is 7.11 Å². The average Bonchev–Trinajstić information content (AvgIpc) is 3.50. The zero-order valence-electron chi connectivity index (χ0n) is 21.2. The first-order valence-corrected chi connectivity index (χ1v) is 12.7. The Bertz CT molecular complexity index is 1530. The van der Waals surface area contributed by atoms with Gasteiger partial charge in [-0.05, 0) is 61.4 Å². The van der Waals surface area contributed by atoms with E-state index in [2.05, 4.69) is 80.3 Å². The molecule has 9 nitrogen and oxygen atoms in total. The van der Waals surface area contributed by atoms with Gasteiger partial charge in [-0.2, -0.15) is 9.97 Å². The Balaban J connectivity index is 1.23. The number of benzene rings is 2. The van der Waals surface area contributed by atoms with Crippen LogP contribution in [0.4, 0.5) is 23.3 Å². The van der Waals surface area contributed by atoms with Crippen molar-refractivity contribution in [3.63, 3.8) is 0 Å². The Morgan fingerprint density at radius 3 is 2.73 bits per heavy atom. The summed E-state index contributed by atoms with van der Waals surface area (Å²) in [6, 6.07) is 16.6. The zero-order chi connectivity index (χ0) is 25.2. The third-order valence-electron chi connectivity index (χ3n) is 6.83. The maximum absolute atomic E-state index is 5.41. The van der Waals surface area contributed by atoms with Crippen LogP contribution in [0.2, 0.25) is 0 Å². The van der Waals surface area contributed by atoms with Crippen LogP contribution in [0.15, 0.2) is 54.7 Å². The molecule has 1 fully saturated rings. The number of aromatic nitrogens is 4. The van der Waals surface area contributed by atoms with Crippen LogP contribution in [0.25, 0.3) is 21.8 Å². The van der Waals surface area contributed by atoms with Crippen molar-refractivity contribution in [2.24, 2.45) is 0 Å². The lowest BCUT2D eigenvalue weighted by Gasteiger charge is -2.29. The van der Waals surface area contributed by atoms with Gasteiger partial charge in [-0.1, -0.05) is 0 Å². The summed E-state index contributed by atoms with van der Waals surface area (Å²) in [5.74, 6) is 3.18. The fraction of sp³-hybridized carbons (Fsp3) is 0.286. The predicted molar refractivity (Wildman–Crippen MR) is 150 cm³/mol. The number of aryl methyl sites for hydroxylation is 1. The third kappa shape index (κ3) is 5.03. The molecule has 1 aliphatic rings. The molecule has 1 aliphatic heterocycles. The largest absolute Gasteiger partial charge is 0.497 e. The summed E-state index contributed by atoms with van der Waals surface area (Å²) in [4.78, 5) is 18.7. The standard InChI is InChI=1S/C28H32N8O/c1-18-13-20-14-21(3-5-24(20)32-18)33-26-16-27(36-11-9-29-10-12-36)35-28(34-26)30-8-7-19-17-31-25-6-4-22(37-2)15-23(19)25/h3-6,13-17,29,31-32H,7-12H2,1-2H3,(H2,30,33,34,35). The molecule has 2 aromatic carbocycles. The van der Waals surface area contributed by atoms with Crippen LogP contribution in [0, 0.1) is 6.92 Å². The minimum absolute atomic E-state index is 0.620. The fourth-order valence-corrected chi connectivity index (χ4v) is 4.94. The molecule has 5 N–H and O–H groups in total. The number of rotatable bonds is 8. The number of anilines is 4. The van der Waals surface area contributed by atoms with Crippen molar-refractivity contribution >= 4 is 45.1 Å². The molecule has 3 aromatic heterocycles. The van der Waals surface area contributed by atoms with Gasteiger partial charge in [-0.25, -0.2) is 0 Å². The first kappa shape index (κ1) is 23.2. The summed E-state index contributed by atoms with van der Waals surface area (Å²) < 4.78 is 5.41. The molecule has 6 rings (SSSR count). The summed E-state index contributed by atoms with van der Waals surface area (Å²) in [7, 11) is 1.70. The van der Waals surface area contributed by atoms with E-state index in [0.717, 1.165) is 72.4 Å². The Labute approximate surface area is 215 Å². The highest BCUT2D eigenvalue weighted by atomic mass is 16.5. The summed E-state index contributed by atoms with van der Waals surface area (Å²) in [6.07, 6.45) is 2.90. The van der Waals surface area contributed by atoms with E-state index >= 15 is 0 Å². The molecule has 0 aliphatic carbocycles. The van der Waals surface area contributed by atoms with E-state index in [-0.39, 0.29) is 0 Å².